The summed E-state index contributed by atoms with van der Waals surface area (Å²) in [4.78, 5) is 4.99. The topological polar surface area (TPSA) is 14.2 Å². The Morgan fingerprint density at radius 2 is 2.44 bits per heavy atom. The molecule has 50 valence electrons. The number of aromatic nitrogens is 1. The third kappa shape index (κ3) is 1.07. The van der Waals surface area contributed by atoms with Crippen LogP contribution in [-0.4, -0.2) is 11.8 Å². The van der Waals surface area contributed by atoms with Gasteiger partial charge in [0, 0.05) is 6.20 Å². The van der Waals surface area contributed by atoms with Crippen LogP contribution in [0, 0.1) is 0 Å². The molecule has 0 aromatic carbocycles. The lowest BCUT2D eigenvalue weighted by Crippen LogP contribution is -2.06. The van der Waals surface area contributed by atoms with Crippen LogP contribution in [0.1, 0.15) is 12.6 Å². The lowest BCUT2D eigenvalue weighted by atomic mass is 10.3. The number of hydrogen-bond donors (Lipinski definition) is 0. The fourth-order valence-corrected chi connectivity index (χ4v) is 0.853. The summed E-state index contributed by atoms with van der Waals surface area (Å²) in [5, 5.41) is 0. The molecule has 0 aliphatic rings. The molecule has 2 heteroatoms. The zero-order chi connectivity index (χ0) is 6.69. The molecule has 1 aromatic rings. The largest absolute Gasteiger partial charge is 0.417 e. The predicted octanol–water partition coefficient (Wildman–Crippen LogP) is 1.11. The van der Waals surface area contributed by atoms with Gasteiger partial charge in [0.05, 0.1) is 5.69 Å². The summed E-state index contributed by atoms with van der Waals surface area (Å²) in [6, 6.07) is 4.02. The van der Waals surface area contributed by atoms with Crippen LogP contribution >= 0.6 is 0 Å². The van der Waals surface area contributed by atoms with E-state index in [9.17, 15) is 0 Å². The van der Waals surface area contributed by atoms with Crippen molar-refractivity contribution in [2.75, 3.05) is 7.11 Å². The molecule has 9 heavy (non-hydrogen) atoms. The molecule has 0 aliphatic heterocycles. The summed E-state index contributed by atoms with van der Waals surface area (Å²) in [5.74, 6) is 0. The molecule has 2 nitrogen and oxygen atoms in total. The van der Waals surface area contributed by atoms with Crippen LogP contribution in [0.4, 0.5) is 0 Å². The lowest BCUT2D eigenvalue weighted by Gasteiger charge is -2.02. The highest BCUT2D eigenvalue weighted by Gasteiger charge is 1.93. The minimum absolute atomic E-state index is 1.01. The van der Waals surface area contributed by atoms with Crippen molar-refractivity contribution in [2.45, 2.75) is 13.3 Å². The Morgan fingerprint density at radius 1 is 1.67 bits per heavy atom. The van der Waals surface area contributed by atoms with Gasteiger partial charge in [0.1, 0.15) is 7.11 Å². The lowest BCUT2D eigenvalue weighted by molar-refractivity contribution is 0.160. The fraction of sp³-hybridized carbons (Fsp3) is 0.429. The maximum absolute atomic E-state index is 4.99. The molecule has 0 fully saturated rings. The molecule has 0 saturated heterocycles. The third-order valence-corrected chi connectivity index (χ3v) is 1.35. The van der Waals surface area contributed by atoms with Crippen molar-refractivity contribution in [2.24, 2.45) is 0 Å². The summed E-state index contributed by atoms with van der Waals surface area (Å²) in [7, 11) is 1.67. The van der Waals surface area contributed by atoms with Gasteiger partial charge in [0.25, 0.3) is 0 Å². The normalized spacial score (nSPS) is 9.56. The highest BCUT2D eigenvalue weighted by atomic mass is 16.6. The van der Waals surface area contributed by atoms with Gasteiger partial charge in [-0.05, 0) is 18.6 Å². The second-order valence-corrected chi connectivity index (χ2v) is 1.86. The van der Waals surface area contributed by atoms with Crippen molar-refractivity contribution < 1.29 is 4.84 Å². The summed E-state index contributed by atoms with van der Waals surface area (Å²) >= 11 is 0. The summed E-state index contributed by atoms with van der Waals surface area (Å²) in [6.07, 6.45) is 2.92. The molecule has 1 aromatic heterocycles. The van der Waals surface area contributed by atoms with Crippen LogP contribution in [-0.2, 0) is 6.42 Å². The Bertz CT molecular complexity index is 162. The van der Waals surface area contributed by atoms with Gasteiger partial charge in [-0.15, -0.1) is 0 Å². The molecule has 0 spiro atoms. The van der Waals surface area contributed by atoms with Crippen LogP contribution in [0.3, 0.4) is 0 Å². The third-order valence-electron chi connectivity index (χ3n) is 1.35. The minimum Gasteiger partial charge on any atom is -0.417 e. The Kier molecular flexibility index (Phi) is 1.78. The first-order chi connectivity index (χ1) is 4.38. The Morgan fingerprint density at radius 3 is 2.89 bits per heavy atom. The molecule has 0 saturated carbocycles. The molecule has 1 heterocycles. The number of rotatable bonds is 2. The Labute approximate surface area is 55.0 Å². The summed E-state index contributed by atoms with van der Waals surface area (Å²) in [5.41, 5.74) is 1.21. The van der Waals surface area contributed by atoms with Crippen LogP contribution in [0.25, 0.3) is 0 Å². The maximum atomic E-state index is 4.99. The van der Waals surface area contributed by atoms with E-state index in [2.05, 4.69) is 6.92 Å². The Hall–Kier alpha value is -0.920. The van der Waals surface area contributed by atoms with Crippen LogP contribution in [0.2, 0.25) is 0 Å². The zero-order valence-corrected chi connectivity index (χ0v) is 5.79. The van der Waals surface area contributed by atoms with Crippen molar-refractivity contribution >= 4 is 0 Å². The fourth-order valence-electron chi connectivity index (χ4n) is 0.853. The molecule has 0 bridgehead atoms. The molecule has 0 atom stereocenters. The van der Waals surface area contributed by atoms with Gasteiger partial charge in [-0.25, -0.2) is 0 Å². The van der Waals surface area contributed by atoms with Gasteiger partial charge in [-0.1, -0.05) is 6.92 Å². The van der Waals surface area contributed by atoms with Gasteiger partial charge in [0.15, 0.2) is 0 Å². The standard InChI is InChI=1S/C7H11NO/c1-3-7-5-4-6-8(7)9-2/h4-6H,3H2,1-2H3. The molecular formula is C7H11NO. The number of hydrogen-bond acceptors (Lipinski definition) is 1. The molecule has 0 unspecified atom stereocenters. The first kappa shape index (κ1) is 6.20. The van der Waals surface area contributed by atoms with E-state index in [0.717, 1.165) is 6.42 Å². The average Bonchev–Trinajstić information content (AvgIpc) is 2.33. The van der Waals surface area contributed by atoms with Crippen molar-refractivity contribution in [1.82, 2.24) is 4.73 Å². The van der Waals surface area contributed by atoms with Gasteiger partial charge >= 0.3 is 0 Å². The zero-order valence-electron chi connectivity index (χ0n) is 5.79. The SMILES string of the molecule is CCc1cccn1OC. The molecule has 0 amide bonds. The van der Waals surface area contributed by atoms with E-state index in [-0.39, 0.29) is 0 Å². The van der Waals surface area contributed by atoms with Crippen LogP contribution in [0.15, 0.2) is 18.3 Å². The smallest absolute Gasteiger partial charge is 0.104 e. The van der Waals surface area contributed by atoms with Crippen molar-refractivity contribution in [1.29, 1.82) is 0 Å². The monoisotopic (exact) mass is 125 g/mol. The molecule has 0 aliphatic carbocycles. The maximum Gasteiger partial charge on any atom is 0.104 e. The quantitative estimate of drug-likeness (QED) is 0.577. The highest BCUT2D eigenvalue weighted by Crippen LogP contribution is 1.98. The van der Waals surface area contributed by atoms with E-state index in [1.54, 1.807) is 11.8 Å². The predicted molar refractivity (Wildman–Crippen MR) is 36.3 cm³/mol. The second-order valence-electron chi connectivity index (χ2n) is 1.86. The number of nitrogens with zero attached hydrogens (tertiary/aromatic N) is 1. The molecule has 1 rings (SSSR count). The van der Waals surface area contributed by atoms with E-state index in [0.29, 0.717) is 0 Å². The average molecular weight is 125 g/mol. The van der Waals surface area contributed by atoms with E-state index < -0.39 is 0 Å². The summed E-state index contributed by atoms with van der Waals surface area (Å²) < 4.78 is 1.76. The Balaban J connectivity index is 2.85. The van der Waals surface area contributed by atoms with E-state index in [1.807, 2.05) is 18.3 Å². The minimum atomic E-state index is 1.01. The number of aryl methyl sites for hydroxylation is 1. The van der Waals surface area contributed by atoms with Crippen molar-refractivity contribution in [3.8, 4) is 0 Å². The van der Waals surface area contributed by atoms with Gasteiger partial charge in [-0.2, -0.15) is 4.73 Å². The molecule has 0 N–H and O–H groups in total. The van der Waals surface area contributed by atoms with Gasteiger partial charge < -0.3 is 4.84 Å². The highest BCUT2D eigenvalue weighted by molar-refractivity contribution is 5.04. The summed E-state index contributed by atoms with van der Waals surface area (Å²) in [6.45, 7) is 2.10. The van der Waals surface area contributed by atoms with Crippen LogP contribution < -0.4 is 4.84 Å². The van der Waals surface area contributed by atoms with E-state index in [4.69, 9.17) is 4.84 Å². The first-order valence-corrected chi connectivity index (χ1v) is 3.09. The van der Waals surface area contributed by atoms with Crippen molar-refractivity contribution in [3.05, 3.63) is 24.0 Å². The molecule has 0 radical (unpaired) electrons. The van der Waals surface area contributed by atoms with Gasteiger partial charge in [-0.3, -0.25) is 0 Å². The first-order valence-electron chi connectivity index (χ1n) is 3.09. The van der Waals surface area contributed by atoms with E-state index >= 15 is 0 Å². The van der Waals surface area contributed by atoms with Gasteiger partial charge in [0.2, 0.25) is 0 Å². The molecular weight excluding hydrogens is 114 g/mol. The van der Waals surface area contributed by atoms with Crippen LogP contribution in [0.5, 0.6) is 0 Å². The van der Waals surface area contributed by atoms with Crippen molar-refractivity contribution in [3.63, 3.8) is 0 Å². The van der Waals surface area contributed by atoms with E-state index in [1.165, 1.54) is 5.69 Å². The second kappa shape index (κ2) is 2.58.